The third-order valence-corrected chi connectivity index (χ3v) is 3.71. The SMILES string of the molecule is NC(=O)CC(N)c1c(Br)cnn1Cc1ccc(Cl)cc1. The maximum Gasteiger partial charge on any atom is 0.219 e. The lowest BCUT2D eigenvalue weighted by molar-refractivity contribution is -0.118. The van der Waals surface area contributed by atoms with E-state index in [9.17, 15) is 4.79 Å². The highest BCUT2D eigenvalue weighted by Crippen LogP contribution is 2.24. The summed E-state index contributed by atoms with van der Waals surface area (Å²) in [7, 11) is 0. The third kappa shape index (κ3) is 3.59. The highest BCUT2D eigenvalue weighted by atomic mass is 79.9. The molecule has 4 N–H and O–H groups in total. The minimum absolute atomic E-state index is 0.0743. The average molecular weight is 358 g/mol. The molecule has 2 rings (SSSR count). The number of aromatic nitrogens is 2. The first kappa shape index (κ1) is 15.0. The second-order valence-electron chi connectivity index (χ2n) is 4.44. The van der Waals surface area contributed by atoms with Gasteiger partial charge in [0.2, 0.25) is 5.91 Å². The van der Waals surface area contributed by atoms with Crippen LogP contribution in [0.25, 0.3) is 0 Å². The van der Waals surface area contributed by atoms with E-state index in [1.54, 1.807) is 10.9 Å². The molecule has 0 aliphatic heterocycles. The van der Waals surface area contributed by atoms with Gasteiger partial charge in [0.05, 0.1) is 29.0 Å². The van der Waals surface area contributed by atoms with Crippen LogP contribution in [0.5, 0.6) is 0 Å². The lowest BCUT2D eigenvalue weighted by Crippen LogP contribution is -2.23. The van der Waals surface area contributed by atoms with Crippen LogP contribution < -0.4 is 11.5 Å². The van der Waals surface area contributed by atoms with Gasteiger partial charge in [-0.15, -0.1) is 0 Å². The Hall–Kier alpha value is -1.37. The van der Waals surface area contributed by atoms with Crippen LogP contribution in [0.1, 0.15) is 23.7 Å². The van der Waals surface area contributed by atoms with E-state index in [0.717, 1.165) is 15.7 Å². The van der Waals surface area contributed by atoms with Crippen molar-refractivity contribution in [3.8, 4) is 0 Å². The van der Waals surface area contributed by atoms with Gasteiger partial charge in [-0.1, -0.05) is 23.7 Å². The van der Waals surface area contributed by atoms with E-state index in [0.29, 0.717) is 11.6 Å². The monoisotopic (exact) mass is 356 g/mol. The lowest BCUT2D eigenvalue weighted by atomic mass is 10.1. The number of nitrogens with zero attached hydrogens (tertiary/aromatic N) is 2. The molecule has 0 fully saturated rings. The molecule has 0 spiro atoms. The van der Waals surface area contributed by atoms with Crippen molar-refractivity contribution in [1.82, 2.24) is 9.78 Å². The molecule has 2 aromatic rings. The zero-order valence-electron chi connectivity index (χ0n) is 10.6. The highest BCUT2D eigenvalue weighted by Gasteiger charge is 2.18. The molecule has 0 saturated carbocycles. The van der Waals surface area contributed by atoms with E-state index in [2.05, 4.69) is 21.0 Å². The fourth-order valence-corrected chi connectivity index (χ4v) is 2.66. The number of halogens is 2. The lowest BCUT2D eigenvalue weighted by Gasteiger charge is -2.14. The molecule has 1 heterocycles. The number of hydrogen-bond acceptors (Lipinski definition) is 3. The fraction of sp³-hybridized carbons (Fsp3) is 0.231. The van der Waals surface area contributed by atoms with Crippen LogP contribution in [0, 0.1) is 0 Å². The number of primary amides is 1. The molecule has 7 heteroatoms. The second kappa shape index (κ2) is 6.39. The molecule has 5 nitrogen and oxygen atoms in total. The molecule has 0 saturated heterocycles. The van der Waals surface area contributed by atoms with Crippen molar-refractivity contribution < 1.29 is 4.79 Å². The minimum Gasteiger partial charge on any atom is -0.370 e. The van der Waals surface area contributed by atoms with Gasteiger partial charge < -0.3 is 11.5 Å². The largest absolute Gasteiger partial charge is 0.370 e. The normalized spacial score (nSPS) is 12.3. The first-order valence-corrected chi connectivity index (χ1v) is 7.14. The molecule has 0 aliphatic rings. The van der Waals surface area contributed by atoms with Crippen molar-refractivity contribution in [2.45, 2.75) is 19.0 Å². The molecule has 0 bridgehead atoms. The van der Waals surface area contributed by atoms with Crippen LogP contribution in [-0.4, -0.2) is 15.7 Å². The Morgan fingerprint density at radius 2 is 2.05 bits per heavy atom. The Morgan fingerprint density at radius 3 is 2.65 bits per heavy atom. The molecule has 1 atom stereocenters. The molecule has 1 aromatic heterocycles. The summed E-state index contributed by atoms with van der Waals surface area (Å²) in [6.07, 6.45) is 1.73. The molecule has 0 aliphatic carbocycles. The van der Waals surface area contributed by atoms with E-state index in [4.69, 9.17) is 23.1 Å². The first-order chi connectivity index (χ1) is 9.47. The first-order valence-electron chi connectivity index (χ1n) is 5.97. The number of amides is 1. The maximum atomic E-state index is 11.0. The Kier molecular flexibility index (Phi) is 4.80. The van der Waals surface area contributed by atoms with Crippen LogP contribution in [0.3, 0.4) is 0 Å². The zero-order chi connectivity index (χ0) is 14.7. The zero-order valence-corrected chi connectivity index (χ0v) is 12.9. The van der Waals surface area contributed by atoms with Crippen molar-refractivity contribution in [3.05, 3.63) is 51.2 Å². The number of carbonyl (C=O) groups excluding carboxylic acids is 1. The van der Waals surface area contributed by atoms with Crippen molar-refractivity contribution in [3.63, 3.8) is 0 Å². The van der Waals surface area contributed by atoms with Gasteiger partial charge in [0.15, 0.2) is 0 Å². The fourth-order valence-electron chi connectivity index (χ4n) is 1.94. The van der Waals surface area contributed by atoms with E-state index in [1.165, 1.54) is 0 Å². The highest BCUT2D eigenvalue weighted by molar-refractivity contribution is 9.10. The number of carbonyl (C=O) groups is 1. The maximum absolute atomic E-state index is 11.0. The van der Waals surface area contributed by atoms with Gasteiger partial charge >= 0.3 is 0 Å². The Balaban J connectivity index is 2.24. The topological polar surface area (TPSA) is 86.9 Å². The second-order valence-corrected chi connectivity index (χ2v) is 5.73. The summed E-state index contributed by atoms with van der Waals surface area (Å²) in [5.41, 5.74) is 13.0. The van der Waals surface area contributed by atoms with Gasteiger partial charge in [0.25, 0.3) is 0 Å². The van der Waals surface area contributed by atoms with E-state index in [-0.39, 0.29) is 6.42 Å². The van der Waals surface area contributed by atoms with E-state index < -0.39 is 11.9 Å². The Bertz CT molecular complexity index is 611. The summed E-state index contributed by atoms with van der Waals surface area (Å²) in [6, 6.07) is 6.98. The summed E-state index contributed by atoms with van der Waals surface area (Å²) in [5, 5.41) is 4.95. The predicted molar refractivity (Wildman–Crippen MR) is 81.2 cm³/mol. The van der Waals surface area contributed by atoms with Gasteiger partial charge in [0.1, 0.15) is 0 Å². The third-order valence-electron chi connectivity index (χ3n) is 2.85. The van der Waals surface area contributed by atoms with Crippen molar-refractivity contribution >= 4 is 33.4 Å². The molecule has 1 aromatic carbocycles. The quantitative estimate of drug-likeness (QED) is 0.860. The summed E-state index contributed by atoms with van der Waals surface area (Å²) >= 11 is 9.25. The summed E-state index contributed by atoms with van der Waals surface area (Å²) in [6.45, 7) is 0.546. The average Bonchev–Trinajstić information content (AvgIpc) is 2.72. The molecule has 1 unspecified atom stereocenters. The summed E-state index contributed by atoms with van der Waals surface area (Å²) in [4.78, 5) is 11.0. The smallest absolute Gasteiger partial charge is 0.219 e. The summed E-state index contributed by atoms with van der Waals surface area (Å²) < 4.78 is 2.52. The Morgan fingerprint density at radius 1 is 1.40 bits per heavy atom. The van der Waals surface area contributed by atoms with Crippen molar-refractivity contribution in [2.75, 3.05) is 0 Å². The van der Waals surface area contributed by atoms with Gasteiger partial charge in [0, 0.05) is 11.4 Å². The van der Waals surface area contributed by atoms with Gasteiger partial charge in [-0.3, -0.25) is 9.48 Å². The van der Waals surface area contributed by atoms with Gasteiger partial charge in [-0.05, 0) is 33.6 Å². The van der Waals surface area contributed by atoms with Crippen molar-refractivity contribution in [1.29, 1.82) is 0 Å². The van der Waals surface area contributed by atoms with E-state index >= 15 is 0 Å². The number of benzene rings is 1. The van der Waals surface area contributed by atoms with E-state index in [1.807, 2.05) is 24.3 Å². The van der Waals surface area contributed by atoms with Crippen molar-refractivity contribution in [2.24, 2.45) is 11.5 Å². The molecule has 106 valence electrons. The summed E-state index contributed by atoms with van der Waals surface area (Å²) in [5.74, 6) is -0.441. The van der Waals surface area contributed by atoms with Crippen LogP contribution in [0.4, 0.5) is 0 Å². The number of rotatable bonds is 5. The number of hydrogen-bond donors (Lipinski definition) is 2. The minimum atomic E-state index is -0.489. The van der Waals surface area contributed by atoms with Gasteiger partial charge in [-0.25, -0.2) is 0 Å². The number of nitrogens with two attached hydrogens (primary N) is 2. The predicted octanol–water partition coefficient (Wildman–Crippen LogP) is 2.22. The Labute approximate surface area is 130 Å². The van der Waals surface area contributed by atoms with Crippen LogP contribution in [-0.2, 0) is 11.3 Å². The molecular weight excluding hydrogens is 344 g/mol. The van der Waals surface area contributed by atoms with Gasteiger partial charge in [-0.2, -0.15) is 5.10 Å². The van der Waals surface area contributed by atoms with Crippen LogP contribution in [0.2, 0.25) is 5.02 Å². The van der Waals surface area contributed by atoms with Crippen LogP contribution >= 0.6 is 27.5 Å². The molecule has 0 radical (unpaired) electrons. The molecule has 20 heavy (non-hydrogen) atoms. The molecule has 1 amide bonds. The molecular formula is C13H14BrClN4O. The standard InChI is InChI=1S/C13H14BrClN4O/c14-10-6-18-19(13(10)11(16)5-12(17)20)7-8-1-3-9(15)4-2-8/h1-4,6,11H,5,7,16H2,(H2,17,20). The van der Waals surface area contributed by atoms with Crippen LogP contribution in [0.15, 0.2) is 34.9 Å².